The van der Waals surface area contributed by atoms with E-state index in [4.69, 9.17) is 18.0 Å². The Labute approximate surface area is 125 Å². The normalized spacial score (nSPS) is 10.2. The molecule has 2 aromatic rings. The Morgan fingerprint density at radius 1 is 1.10 bits per heavy atom. The zero-order valence-electron chi connectivity index (χ0n) is 10.9. The van der Waals surface area contributed by atoms with Crippen molar-refractivity contribution in [3.63, 3.8) is 0 Å². The van der Waals surface area contributed by atoms with Crippen LogP contribution in [-0.2, 0) is 6.54 Å². The molecule has 0 atom stereocenters. The third kappa shape index (κ3) is 3.82. The number of hydrogen-bond donors (Lipinski definition) is 2. The molecule has 0 aliphatic heterocycles. The summed E-state index contributed by atoms with van der Waals surface area (Å²) in [6.07, 6.45) is 0. The Morgan fingerprint density at radius 3 is 2.29 bits per heavy atom. The number of halogens is 2. The van der Waals surface area contributed by atoms with Crippen molar-refractivity contribution in [3.8, 4) is 0 Å². The van der Waals surface area contributed by atoms with Crippen LogP contribution in [0, 0.1) is 11.6 Å². The summed E-state index contributed by atoms with van der Waals surface area (Å²) in [5.74, 6) is -1.33. The van der Waals surface area contributed by atoms with E-state index in [1.165, 1.54) is 36.4 Å². The van der Waals surface area contributed by atoms with E-state index in [1.54, 1.807) is 6.07 Å². The van der Waals surface area contributed by atoms with Crippen molar-refractivity contribution in [1.82, 2.24) is 5.32 Å². The number of thiocarbonyl (C=S) groups is 1. The average molecular weight is 306 g/mol. The molecule has 0 unspecified atom stereocenters. The first-order valence-electron chi connectivity index (χ1n) is 6.09. The van der Waals surface area contributed by atoms with Crippen molar-refractivity contribution < 1.29 is 13.6 Å². The van der Waals surface area contributed by atoms with Crippen LogP contribution in [0.2, 0.25) is 0 Å². The highest BCUT2D eigenvalue weighted by atomic mass is 32.1. The maximum Gasteiger partial charge on any atom is 0.251 e. The number of benzene rings is 2. The van der Waals surface area contributed by atoms with E-state index >= 15 is 0 Å². The smallest absolute Gasteiger partial charge is 0.251 e. The zero-order chi connectivity index (χ0) is 15.4. The molecule has 0 aromatic heterocycles. The number of nitrogens with two attached hydrogens (primary N) is 1. The molecule has 3 N–H and O–H groups in total. The summed E-state index contributed by atoms with van der Waals surface area (Å²) in [6.45, 7) is 0.0135. The second kappa shape index (κ2) is 6.41. The molecule has 6 heteroatoms. The van der Waals surface area contributed by atoms with Gasteiger partial charge < -0.3 is 11.1 Å². The number of hydrogen-bond acceptors (Lipinski definition) is 2. The predicted octanol–water partition coefficient (Wildman–Crippen LogP) is 2.53. The summed E-state index contributed by atoms with van der Waals surface area (Å²) < 4.78 is 26.6. The monoisotopic (exact) mass is 306 g/mol. The molecular formula is C15H12F2N2OS. The van der Waals surface area contributed by atoms with Crippen LogP contribution in [0.15, 0.2) is 42.5 Å². The summed E-state index contributed by atoms with van der Waals surface area (Å²) in [7, 11) is 0. The molecule has 0 radical (unpaired) electrons. The molecule has 108 valence electrons. The fourth-order valence-electron chi connectivity index (χ4n) is 1.72. The first-order valence-corrected chi connectivity index (χ1v) is 6.50. The Kier molecular flexibility index (Phi) is 4.59. The van der Waals surface area contributed by atoms with Crippen molar-refractivity contribution in [3.05, 3.63) is 70.8 Å². The molecule has 2 rings (SSSR count). The van der Waals surface area contributed by atoms with Gasteiger partial charge in [-0.05, 0) is 30.3 Å². The number of amides is 1. The number of rotatable bonds is 4. The first kappa shape index (κ1) is 15.1. The van der Waals surface area contributed by atoms with Crippen LogP contribution in [0.4, 0.5) is 8.78 Å². The molecule has 2 aromatic carbocycles. The number of carbonyl (C=O) groups excluding carboxylic acids is 1. The Hall–Kier alpha value is -2.34. The quantitative estimate of drug-likeness (QED) is 0.854. The van der Waals surface area contributed by atoms with Gasteiger partial charge in [0.2, 0.25) is 0 Å². The molecule has 1 amide bonds. The molecule has 0 aliphatic rings. The third-order valence-electron chi connectivity index (χ3n) is 2.88. The largest absolute Gasteiger partial charge is 0.389 e. The van der Waals surface area contributed by atoms with Crippen molar-refractivity contribution in [2.75, 3.05) is 0 Å². The van der Waals surface area contributed by atoms with Gasteiger partial charge in [0.15, 0.2) is 0 Å². The van der Waals surface area contributed by atoms with E-state index < -0.39 is 17.5 Å². The zero-order valence-corrected chi connectivity index (χ0v) is 11.7. The Morgan fingerprint density at radius 2 is 1.71 bits per heavy atom. The minimum Gasteiger partial charge on any atom is -0.389 e. The molecule has 0 bridgehead atoms. The molecule has 0 aliphatic carbocycles. The van der Waals surface area contributed by atoms with Crippen molar-refractivity contribution in [1.29, 1.82) is 0 Å². The van der Waals surface area contributed by atoms with E-state index in [-0.39, 0.29) is 11.5 Å². The van der Waals surface area contributed by atoms with Gasteiger partial charge in [-0.1, -0.05) is 24.4 Å². The Bertz CT molecular complexity index is 687. The lowest BCUT2D eigenvalue weighted by molar-refractivity contribution is 0.0950. The van der Waals surface area contributed by atoms with E-state index in [1.807, 2.05) is 0 Å². The van der Waals surface area contributed by atoms with Crippen molar-refractivity contribution in [2.45, 2.75) is 6.54 Å². The topological polar surface area (TPSA) is 55.1 Å². The molecule has 0 heterocycles. The van der Waals surface area contributed by atoms with E-state index in [0.29, 0.717) is 16.7 Å². The molecule has 3 nitrogen and oxygen atoms in total. The SMILES string of the molecule is NC(=S)c1ccc(CNC(=O)c2ccc(F)cc2)c(F)c1. The van der Waals surface area contributed by atoms with Gasteiger partial charge >= 0.3 is 0 Å². The van der Waals surface area contributed by atoms with Crippen LogP contribution in [-0.4, -0.2) is 10.9 Å². The molecule has 0 saturated heterocycles. The van der Waals surface area contributed by atoms with Gasteiger partial charge in [0.1, 0.15) is 16.6 Å². The van der Waals surface area contributed by atoms with Gasteiger partial charge in [0, 0.05) is 23.2 Å². The van der Waals surface area contributed by atoms with Crippen LogP contribution >= 0.6 is 12.2 Å². The Balaban J connectivity index is 2.04. The minimum atomic E-state index is -0.500. The summed E-state index contributed by atoms with van der Waals surface area (Å²) in [5, 5.41) is 2.56. The van der Waals surface area contributed by atoms with Gasteiger partial charge in [0.05, 0.1) is 0 Å². The number of nitrogens with one attached hydrogen (secondary N) is 1. The lowest BCUT2D eigenvalue weighted by Gasteiger charge is -2.08. The summed E-state index contributed by atoms with van der Waals surface area (Å²) in [6, 6.07) is 9.41. The summed E-state index contributed by atoms with van der Waals surface area (Å²) >= 11 is 4.76. The highest BCUT2D eigenvalue weighted by molar-refractivity contribution is 7.80. The van der Waals surface area contributed by atoms with E-state index in [9.17, 15) is 13.6 Å². The van der Waals surface area contributed by atoms with Crippen LogP contribution < -0.4 is 11.1 Å². The predicted molar refractivity (Wildman–Crippen MR) is 79.9 cm³/mol. The van der Waals surface area contributed by atoms with Crippen LogP contribution in [0.3, 0.4) is 0 Å². The lowest BCUT2D eigenvalue weighted by Crippen LogP contribution is -2.23. The maximum absolute atomic E-state index is 13.8. The fraction of sp³-hybridized carbons (Fsp3) is 0.0667. The standard InChI is InChI=1S/C15H12F2N2OS/c16-12-5-3-9(4-6-12)15(20)19-8-11-2-1-10(14(18)21)7-13(11)17/h1-7H,8H2,(H2,18,21)(H,19,20). The van der Waals surface area contributed by atoms with Gasteiger partial charge in [-0.15, -0.1) is 0 Å². The second-order valence-electron chi connectivity index (χ2n) is 4.36. The minimum absolute atomic E-state index is 0.0135. The van der Waals surface area contributed by atoms with Crippen molar-refractivity contribution >= 4 is 23.1 Å². The molecular weight excluding hydrogens is 294 g/mol. The maximum atomic E-state index is 13.8. The van der Waals surface area contributed by atoms with Gasteiger partial charge in [-0.25, -0.2) is 8.78 Å². The van der Waals surface area contributed by atoms with Gasteiger partial charge in [-0.2, -0.15) is 0 Å². The molecule has 0 fully saturated rings. The highest BCUT2D eigenvalue weighted by Gasteiger charge is 2.09. The molecule has 0 spiro atoms. The van der Waals surface area contributed by atoms with Crippen LogP contribution in [0.25, 0.3) is 0 Å². The average Bonchev–Trinajstić information content (AvgIpc) is 2.46. The van der Waals surface area contributed by atoms with Crippen LogP contribution in [0.1, 0.15) is 21.5 Å². The van der Waals surface area contributed by atoms with E-state index in [2.05, 4.69) is 5.32 Å². The first-order chi connectivity index (χ1) is 9.97. The lowest BCUT2D eigenvalue weighted by atomic mass is 10.1. The van der Waals surface area contributed by atoms with Crippen molar-refractivity contribution in [2.24, 2.45) is 5.73 Å². The molecule has 0 saturated carbocycles. The molecule has 21 heavy (non-hydrogen) atoms. The van der Waals surface area contributed by atoms with E-state index in [0.717, 1.165) is 0 Å². The third-order valence-corrected chi connectivity index (χ3v) is 3.12. The summed E-state index contributed by atoms with van der Waals surface area (Å²) in [4.78, 5) is 11.9. The fourth-order valence-corrected chi connectivity index (χ4v) is 1.85. The summed E-state index contributed by atoms with van der Waals surface area (Å²) in [5.41, 5.74) is 6.45. The van der Waals surface area contributed by atoms with Gasteiger partial charge in [0.25, 0.3) is 5.91 Å². The highest BCUT2D eigenvalue weighted by Crippen LogP contribution is 2.11. The number of carbonyl (C=O) groups is 1. The van der Waals surface area contributed by atoms with Crippen LogP contribution in [0.5, 0.6) is 0 Å². The van der Waals surface area contributed by atoms with Gasteiger partial charge in [-0.3, -0.25) is 4.79 Å². The second-order valence-corrected chi connectivity index (χ2v) is 4.80.